The fourth-order valence-corrected chi connectivity index (χ4v) is 3.56. The molecule has 1 saturated carbocycles. The van der Waals surface area contributed by atoms with E-state index in [1.54, 1.807) is 5.57 Å². The Labute approximate surface area is 109 Å². The van der Waals surface area contributed by atoms with Crippen molar-refractivity contribution in [3.05, 3.63) is 27.5 Å². The predicted molar refractivity (Wildman–Crippen MR) is 77.5 cm³/mol. The number of hydrogen-bond donors (Lipinski definition) is 1. The molecular weight excluding hydrogens is 226 g/mol. The normalized spacial score (nSPS) is 18.6. The van der Waals surface area contributed by atoms with Gasteiger partial charge in [0.1, 0.15) is 0 Å². The number of aryl methyl sites for hydroxylation is 1. The van der Waals surface area contributed by atoms with Crippen molar-refractivity contribution in [3.8, 4) is 0 Å². The Kier molecular flexibility index (Phi) is 4.81. The quantitative estimate of drug-likeness (QED) is 0.841. The Morgan fingerprint density at radius 2 is 2.12 bits per heavy atom. The van der Waals surface area contributed by atoms with Crippen LogP contribution in [-0.2, 0) is 0 Å². The molecule has 0 spiro atoms. The summed E-state index contributed by atoms with van der Waals surface area (Å²) in [5, 5.41) is 3.33. The maximum Gasteiger partial charge on any atom is 0.0273 e. The van der Waals surface area contributed by atoms with Gasteiger partial charge in [-0.1, -0.05) is 24.8 Å². The molecule has 94 valence electrons. The Bertz CT molecular complexity index is 372. The van der Waals surface area contributed by atoms with Gasteiger partial charge in [0.15, 0.2) is 0 Å². The van der Waals surface area contributed by atoms with E-state index in [9.17, 15) is 0 Å². The van der Waals surface area contributed by atoms with Crippen molar-refractivity contribution in [1.82, 2.24) is 5.32 Å². The van der Waals surface area contributed by atoms with Gasteiger partial charge >= 0.3 is 0 Å². The van der Waals surface area contributed by atoms with Gasteiger partial charge in [0.05, 0.1) is 0 Å². The molecule has 0 atom stereocenters. The van der Waals surface area contributed by atoms with E-state index < -0.39 is 0 Å². The number of nitrogens with one attached hydrogen (secondary N) is 1. The van der Waals surface area contributed by atoms with Crippen LogP contribution in [-0.4, -0.2) is 13.6 Å². The van der Waals surface area contributed by atoms with Crippen LogP contribution in [0.3, 0.4) is 0 Å². The van der Waals surface area contributed by atoms with Crippen LogP contribution in [0.4, 0.5) is 0 Å². The van der Waals surface area contributed by atoms with Gasteiger partial charge in [-0.05, 0) is 50.9 Å². The molecule has 0 unspecified atom stereocenters. The molecule has 1 heterocycles. The van der Waals surface area contributed by atoms with E-state index >= 15 is 0 Å². The highest BCUT2D eigenvalue weighted by atomic mass is 32.1. The van der Waals surface area contributed by atoms with Crippen LogP contribution in [0.2, 0.25) is 0 Å². The average Bonchev–Trinajstić information content (AvgIpc) is 2.75. The van der Waals surface area contributed by atoms with E-state index in [0.717, 1.165) is 12.5 Å². The highest BCUT2D eigenvalue weighted by Gasteiger charge is 2.17. The maximum absolute atomic E-state index is 3.33. The second-order valence-corrected chi connectivity index (χ2v) is 6.35. The highest BCUT2D eigenvalue weighted by molar-refractivity contribution is 7.12. The summed E-state index contributed by atoms with van der Waals surface area (Å²) in [5.41, 5.74) is 1.61. The number of thiophene rings is 1. The second-order valence-electron chi connectivity index (χ2n) is 5.03. The summed E-state index contributed by atoms with van der Waals surface area (Å²) in [6.45, 7) is 3.22. The third-order valence-corrected chi connectivity index (χ3v) is 4.55. The second kappa shape index (κ2) is 6.36. The molecule has 0 amide bonds. The molecule has 2 rings (SSSR count). The highest BCUT2D eigenvalue weighted by Crippen LogP contribution is 2.31. The van der Waals surface area contributed by atoms with Gasteiger partial charge in [0.25, 0.3) is 0 Å². The topological polar surface area (TPSA) is 12.0 Å². The Morgan fingerprint density at radius 3 is 2.71 bits per heavy atom. The lowest BCUT2D eigenvalue weighted by molar-refractivity contribution is 0.398. The van der Waals surface area contributed by atoms with E-state index in [4.69, 9.17) is 0 Å². The van der Waals surface area contributed by atoms with Crippen LogP contribution in [0.25, 0.3) is 6.08 Å². The largest absolute Gasteiger partial charge is 0.316 e. The predicted octanol–water partition coefficient (Wildman–Crippen LogP) is 4.24. The molecule has 1 N–H and O–H groups in total. The standard InChI is InChI=1S/C15H23NS/c1-12-8-9-15(17-12)10-14(11-16-2)13-6-4-3-5-7-13/h8-10,13,16H,3-7,11H2,1-2H3. The summed E-state index contributed by atoms with van der Waals surface area (Å²) in [6.07, 6.45) is 9.45. The van der Waals surface area contributed by atoms with Crippen molar-refractivity contribution in [2.24, 2.45) is 5.92 Å². The van der Waals surface area contributed by atoms with Crippen molar-refractivity contribution in [3.63, 3.8) is 0 Å². The average molecular weight is 249 g/mol. The first kappa shape index (κ1) is 12.8. The third-order valence-electron chi connectivity index (χ3n) is 3.60. The van der Waals surface area contributed by atoms with Gasteiger partial charge < -0.3 is 5.32 Å². The van der Waals surface area contributed by atoms with Crippen LogP contribution in [0.5, 0.6) is 0 Å². The van der Waals surface area contributed by atoms with Gasteiger partial charge in [-0.2, -0.15) is 0 Å². The molecule has 0 aliphatic heterocycles. The fraction of sp³-hybridized carbons (Fsp3) is 0.600. The SMILES string of the molecule is CNCC(=Cc1ccc(C)s1)C1CCCCC1. The minimum atomic E-state index is 0.818. The molecule has 1 aromatic rings. The van der Waals surface area contributed by atoms with E-state index in [1.807, 2.05) is 11.3 Å². The van der Waals surface area contributed by atoms with Gasteiger partial charge in [-0.3, -0.25) is 0 Å². The smallest absolute Gasteiger partial charge is 0.0273 e. The zero-order chi connectivity index (χ0) is 12.1. The molecule has 0 saturated heterocycles. The summed E-state index contributed by atoms with van der Waals surface area (Å²) < 4.78 is 0. The molecule has 0 bridgehead atoms. The zero-order valence-corrected chi connectivity index (χ0v) is 11.8. The maximum atomic E-state index is 3.33. The minimum Gasteiger partial charge on any atom is -0.316 e. The van der Waals surface area contributed by atoms with Crippen molar-refractivity contribution in [1.29, 1.82) is 0 Å². The van der Waals surface area contributed by atoms with Crippen LogP contribution < -0.4 is 5.32 Å². The van der Waals surface area contributed by atoms with Gasteiger partial charge in [-0.15, -0.1) is 11.3 Å². The summed E-state index contributed by atoms with van der Waals surface area (Å²) in [7, 11) is 2.05. The first-order valence-electron chi connectivity index (χ1n) is 6.71. The van der Waals surface area contributed by atoms with Crippen LogP contribution in [0.15, 0.2) is 17.7 Å². The Balaban J connectivity index is 2.12. The summed E-state index contributed by atoms with van der Waals surface area (Å²) in [6, 6.07) is 4.47. The van der Waals surface area contributed by atoms with Crippen molar-refractivity contribution in [2.75, 3.05) is 13.6 Å². The lowest BCUT2D eigenvalue weighted by Crippen LogP contribution is -2.18. The molecule has 0 radical (unpaired) electrons. The summed E-state index contributed by atoms with van der Waals surface area (Å²) >= 11 is 1.90. The molecule has 1 aromatic heterocycles. The van der Waals surface area contributed by atoms with E-state index in [1.165, 1.54) is 41.9 Å². The minimum absolute atomic E-state index is 0.818. The van der Waals surface area contributed by atoms with Crippen molar-refractivity contribution in [2.45, 2.75) is 39.0 Å². The van der Waals surface area contributed by atoms with Crippen molar-refractivity contribution >= 4 is 17.4 Å². The fourth-order valence-electron chi connectivity index (χ4n) is 2.70. The van der Waals surface area contributed by atoms with E-state index in [2.05, 4.69) is 37.5 Å². The molecule has 0 aromatic carbocycles. The first-order chi connectivity index (χ1) is 8.29. The third kappa shape index (κ3) is 3.68. The van der Waals surface area contributed by atoms with E-state index in [0.29, 0.717) is 0 Å². The lowest BCUT2D eigenvalue weighted by atomic mass is 9.83. The molecule has 17 heavy (non-hydrogen) atoms. The molecule has 1 aliphatic carbocycles. The van der Waals surface area contributed by atoms with Gasteiger partial charge in [0, 0.05) is 16.3 Å². The van der Waals surface area contributed by atoms with Crippen LogP contribution >= 0.6 is 11.3 Å². The monoisotopic (exact) mass is 249 g/mol. The molecule has 1 nitrogen and oxygen atoms in total. The van der Waals surface area contributed by atoms with Gasteiger partial charge in [0.2, 0.25) is 0 Å². The molecule has 1 aliphatic rings. The molecular formula is C15H23NS. The Morgan fingerprint density at radius 1 is 1.35 bits per heavy atom. The first-order valence-corrected chi connectivity index (χ1v) is 7.53. The summed E-state index contributed by atoms with van der Waals surface area (Å²) in [5.74, 6) is 0.818. The molecule has 1 fully saturated rings. The van der Waals surface area contributed by atoms with E-state index in [-0.39, 0.29) is 0 Å². The summed E-state index contributed by atoms with van der Waals surface area (Å²) in [4.78, 5) is 2.82. The van der Waals surface area contributed by atoms with Crippen LogP contribution in [0.1, 0.15) is 41.9 Å². The lowest BCUT2D eigenvalue weighted by Gasteiger charge is -2.24. The van der Waals surface area contributed by atoms with Crippen LogP contribution in [0, 0.1) is 12.8 Å². The zero-order valence-electron chi connectivity index (χ0n) is 11.0. The van der Waals surface area contributed by atoms with Gasteiger partial charge in [-0.25, -0.2) is 0 Å². The number of hydrogen-bond acceptors (Lipinski definition) is 2. The van der Waals surface area contributed by atoms with Crippen molar-refractivity contribution < 1.29 is 0 Å². The number of rotatable bonds is 4. The molecule has 2 heteroatoms. The number of likely N-dealkylation sites (N-methyl/N-ethyl adjacent to an activating group) is 1. The Hall–Kier alpha value is -0.600.